The summed E-state index contributed by atoms with van der Waals surface area (Å²) in [7, 11) is 0. The monoisotopic (exact) mass is 280 g/mol. The third-order valence-corrected chi connectivity index (χ3v) is 2.16. The van der Waals surface area contributed by atoms with Crippen molar-refractivity contribution in [3.8, 4) is 0 Å². The Balaban J connectivity index is 2.63. The Hall–Kier alpha value is -1.03. The summed E-state index contributed by atoms with van der Waals surface area (Å²) in [6, 6.07) is 0. The molecule has 0 saturated carbocycles. The Morgan fingerprint density at radius 2 is 1.89 bits per heavy atom. The maximum absolute atomic E-state index is 12.2. The highest BCUT2D eigenvalue weighted by Gasteiger charge is 2.44. The first kappa shape index (κ1) is 15.0. The molecule has 106 valence electrons. The van der Waals surface area contributed by atoms with Gasteiger partial charge in [-0.05, 0) is 0 Å². The van der Waals surface area contributed by atoms with Crippen molar-refractivity contribution in [3.63, 3.8) is 0 Å². The molecule has 1 heterocycles. The van der Waals surface area contributed by atoms with E-state index in [2.05, 4.69) is 10.1 Å². The molecule has 0 aliphatic carbocycles. The topological polar surface area (TPSA) is 41.6 Å². The maximum atomic E-state index is 12.2. The van der Waals surface area contributed by atoms with E-state index in [1.165, 1.54) is 0 Å². The zero-order valence-corrected chi connectivity index (χ0v) is 8.94. The highest BCUT2D eigenvalue weighted by Crippen LogP contribution is 2.22. The van der Waals surface area contributed by atoms with E-state index >= 15 is 0 Å². The fourth-order valence-electron chi connectivity index (χ4n) is 1.44. The van der Waals surface area contributed by atoms with Crippen LogP contribution in [0.3, 0.4) is 0 Å². The predicted octanol–water partition coefficient (Wildman–Crippen LogP) is 0.885. The maximum Gasteiger partial charge on any atom is 0.490 e. The molecule has 1 unspecified atom stereocenters. The van der Waals surface area contributed by atoms with Crippen LogP contribution in [0.15, 0.2) is 0 Å². The normalized spacial score (nSPS) is 22.9. The lowest BCUT2D eigenvalue weighted by Crippen LogP contribution is -2.56. The van der Waals surface area contributed by atoms with Gasteiger partial charge in [0.15, 0.2) is 6.23 Å². The Morgan fingerprint density at radius 3 is 2.39 bits per heavy atom. The van der Waals surface area contributed by atoms with Crippen LogP contribution in [0.2, 0.25) is 0 Å². The fraction of sp³-hybridized carbons (Fsp3) is 0.875. The molecule has 0 radical (unpaired) electrons. The third-order valence-electron chi connectivity index (χ3n) is 2.16. The quantitative estimate of drug-likeness (QED) is 0.602. The molecule has 1 N–H and O–H groups in total. The van der Waals surface area contributed by atoms with Crippen LogP contribution in [-0.4, -0.2) is 55.6 Å². The van der Waals surface area contributed by atoms with Gasteiger partial charge in [0.2, 0.25) is 0 Å². The summed E-state index contributed by atoms with van der Waals surface area (Å²) in [6.07, 6.45) is -11.4. The molecule has 1 aliphatic rings. The number of piperazine rings is 1. The summed E-state index contributed by atoms with van der Waals surface area (Å²) < 4.78 is 76.3. The number of nitrogens with zero attached hydrogens (tertiary/aromatic N) is 1. The summed E-state index contributed by atoms with van der Waals surface area (Å²) in [4.78, 5) is 11.2. The molecule has 0 bridgehead atoms. The number of carbonyl (C=O) groups excluding carboxylic acids is 1. The second-order valence-corrected chi connectivity index (χ2v) is 3.65. The van der Waals surface area contributed by atoms with Crippen molar-refractivity contribution >= 4 is 5.97 Å². The zero-order valence-electron chi connectivity index (χ0n) is 8.94. The average molecular weight is 280 g/mol. The SMILES string of the molecule is O=C(OC1CNCCN1CC(F)(F)F)C(F)(F)F. The van der Waals surface area contributed by atoms with Crippen molar-refractivity contribution in [2.24, 2.45) is 0 Å². The minimum Gasteiger partial charge on any atom is -0.438 e. The number of ether oxygens (including phenoxy) is 1. The largest absolute Gasteiger partial charge is 0.490 e. The number of nitrogens with one attached hydrogen (secondary N) is 1. The minimum atomic E-state index is -5.22. The van der Waals surface area contributed by atoms with Gasteiger partial charge in [-0.1, -0.05) is 0 Å². The number of halogens is 6. The summed E-state index contributed by atoms with van der Waals surface area (Å²) in [5, 5.41) is 2.55. The molecule has 1 atom stereocenters. The van der Waals surface area contributed by atoms with Gasteiger partial charge in [0.1, 0.15) is 0 Å². The number of carbonyl (C=O) groups is 1. The Kier molecular flexibility index (Phi) is 4.43. The van der Waals surface area contributed by atoms with Crippen molar-refractivity contribution in [2.75, 3.05) is 26.2 Å². The molecule has 4 nitrogen and oxygen atoms in total. The van der Waals surface area contributed by atoms with Crippen LogP contribution >= 0.6 is 0 Å². The van der Waals surface area contributed by atoms with Gasteiger partial charge in [0.25, 0.3) is 0 Å². The van der Waals surface area contributed by atoms with Crippen LogP contribution in [0.4, 0.5) is 26.3 Å². The lowest BCUT2D eigenvalue weighted by atomic mass is 10.3. The van der Waals surface area contributed by atoms with Gasteiger partial charge in [-0.25, -0.2) is 4.79 Å². The third kappa shape index (κ3) is 4.69. The second-order valence-electron chi connectivity index (χ2n) is 3.65. The van der Waals surface area contributed by atoms with E-state index in [1.807, 2.05) is 0 Å². The predicted molar refractivity (Wildman–Crippen MR) is 46.4 cm³/mol. The van der Waals surface area contributed by atoms with E-state index in [1.54, 1.807) is 0 Å². The van der Waals surface area contributed by atoms with Crippen LogP contribution < -0.4 is 5.32 Å². The molecule has 18 heavy (non-hydrogen) atoms. The van der Waals surface area contributed by atoms with Gasteiger partial charge in [0.05, 0.1) is 6.54 Å². The van der Waals surface area contributed by atoms with Gasteiger partial charge in [-0.15, -0.1) is 0 Å². The number of esters is 1. The first-order chi connectivity index (χ1) is 8.09. The molecule has 0 aromatic carbocycles. The zero-order chi connectivity index (χ0) is 14.0. The standard InChI is InChI=1S/C8H10F6N2O2/c9-7(10,11)4-16-2-1-15-3-5(16)18-6(17)8(12,13)14/h5,15H,1-4H2. The molecule has 0 aromatic heterocycles. The van der Waals surface area contributed by atoms with Crippen LogP contribution in [0.1, 0.15) is 0 Å². The number of hydrogen-bond donors (Lipinski definition) is 1. The van der Waals surface area contributed by atoms with Gasteiger partial charge in [0, 0.05) is 19.6 Å². The Morgan fingerprint density at radius 1 is 1.28 bits per heavy atom. The van der Waals surface area contributed by atoms with E-state index in [-0.39, 0.29) is 19.6 Å². The van der Waals surface area contributed by atoms with Crippen molar-refractivity contribution in [1.29, 1.82) is 0 Å². The van der Waals surface area contributed by atoms with Crippen molar-refractivity contribution < 1.29 is 35.9 Å². The van der Waals surface area contributed by atoms with E-state index in [0.717, 1.165) is 0 Å². The fourth-order valence-corrected chi connectivity index (χ4v) is 1.44. The summed E-state index contributed by atoms with van der Waals surface area (Å²) >= 11 is 0. The Labute approximate surface area is 97.9 Å². The summed E-state index contributed by atoms with van der Waals surface area (Å²) in [5.41, 5.74) is 0. The van der Waals surface area contributed by atoms with Crippen LogP contribution in [0, 0.1) is 0 Å². The molecule has 0 spiro atoms. The molecule has 1 saturated heterocycles. The van der Waals surface area contributed by atoms with Crippen molar-refractivity contribution in [3.05, 3.63) is 0 Å². The molecular weight excluding hydrogens is 270 g/mol. The highest BCUT2D eigenvalue weighted by molar-refractivity contribution is 5.75. The molecular formula is C8H10F6N2O2. The molecule has 10 heteroatoms. The molecule has 0 aromatic rings. The van der Waals surface area contributed by atoms with Crippen LogP contribution in [0.25, 0.3) is 0 Å². The van der Waals surface area contributed by atoms with Crippen LogP contribution in [-0.2, 0) is 9.53 Å². The van der Waals surface area contributed by atoms with Crippen molar-refractivity contribution in [1.82, 2.24) is 10.2 Å². The minimum absolute atomic E-state index is 0.157. The second kappa shape index (κ2) is 5.31. The van der Waals surface area contributed by atoms with Crippen LogP contribution in [0.5, 0.6) is 0 Å². The number of hydrogen-bond acceptors (Lipinski definition) is 4. The first-order valence-electron chi connectivity index (χ1n) is 4.89. The van der Waals surface area contributed by atoms with Gasteiger partial charge >= 0.3 is 18.3 Å². The Bertz CT molecular complexity index is 303. The lowest BCUT2D eigenvalue weighted by molar-refractivity contribution is -0.221. The number of alkyl halides is 6. The van der Waals surface area contributed by atoms with E-state index in [4.69, 9.17) is 0 Å². The number of rotatable bonds is 2. The highest BCUT2D eigenvalue weighted by atomic mass is 19.4. The van der Waals surface area contributed by atoms with E-state index in [0.29, 0.717) is 4.90 Å². The van der Waals surface area contributed by atoms with E-state index < -0.39 is 31.1 Å². The lowest BCUT2D eigenvalue weighted by Gasteiger charge is -2.35. The average Bonchev–Trinajstić information content (AvgIpc) is 2.17. The van der Waals surface area contributed by atoms with Gasteiger partial charge in [-0.2, -0.15) is 26.3 Å². The van der Waals surface area contributed by atoms with Gasteiger partial charge < -0.3 is 10.1 Å². The smallest absolute Gasteiger partial charge is 0.438 e. The molecule has 1 aliphatic heterocycles. The molecule has 0 amide bonds. The summed E-state index contributed by atoms with van der Waals surface area (Å²) in [6.45, 7) is -1.69. The first-order valence-corrected chi connectivity index (χ1v) is 4.89. The van der Waals surface area contributed by atoms with Gasteiger partial charge in [-0.3, -0.25) is 4.90 Å². The molecule has 1 fully saturated rings. The van der Waals surface area contributed by atoms with E-state index in [9.17, 15) is 31.1 Å². The summed E-state index contributed by atoms with van der Waals surface area (Å²) in [5.74, 6) is -2.50. The molecule has 1 rings (SSSR count). The van der Waals surface area contributed by atoms with Crippen molar-refractivity contribution in [2.45, 2.75) is 18.6 Å².